The van der Waals surface area contributed by atoms with E-state index < -0.39 is 0 Å². The van der Waals surface area contributed by atoms with Gasteiger partial charge in [-0.15, -0.1) is 0 Å². The second-order valence-electron chi connectivity index (χ2n) is 5.05. The third kappa shape index (κ3) is 2.68. The van der Waals surface area contributed by atoms with Crippen LogP contribution in [0.5, 0.6) is 11.5 Å². The van der Waals surface area contributed by atoms with Crippen molar-refractivity contribution in [2.45, 2.75) is 12.8 Å². The van der Waals surface area contributed by atoms with E-state index in [1.807, 2.05) is 30.3 Å². The zero-order valence-electron chi connectivity index (χ0n) is 12.2. The van der Waals surface area contributed by atoms with Gasteiger partial charge in [0.1, 0.15) is 16.7 Å². The molecule has 3 aromatic rings. The number of ether oxygens (including phenoxy) is 1. The van der Waals surface area contributed by atoms with Crippen LogP contribution in [0.2, 0.25) is 0 Å². The van der Waals surface area contributed by atoms with Crippen molar-refractivity contribution in [3.05, 3.63) is 70.1 Å². The zero-order valence-corrected chi connectivity index (χ0v) is 12.2. The molecule has 0 atom stereocenters. The second kappa shape index (κ2) is 5.93. The van der Waals surface area contributed by atoms with Crippen LogP contribution in [-0.2, 0) is 12.8 Å². The van der Waals surface area contributed by atoms with Crippen LogP contribution in [0.25, 0.3) is 11.0 Å². The van der Waals surface area contributed by atoms with Gasteiger partial charge in [-0.3, -0.25) is 4.79 Å². The van der Waals surface area contributed by atoms with E-state index in [4.69, 9.17) is 9.15 Å². The molecule has 2 aromatic carbocycles. The Morgan fingerprint density at radius 1 is 1.09 bits per heavy atom. The number of hydrogen-bond donors (Lipinski definition) is 1. The van der Waals surface area contributed by atoms with E-state index in [2.05, 4.69) is 0 Å². The third-order valence-electron chi connectivity index (χ3n) is 3.61. The van der Waals surface area contributed by atoms with E-state index in [-0.39, 0.29) is 22.3 Å². The lowest BCUT2D eigenvalue weighted by atomic mass is 10.1. The summed E-state index contributed by atoms with van der Waals surface area (Å²) in [5.74, 6) is 0.686. The monoisotopic (exact) mass is 296 g/mol. The summed E-state index contributed by atoms with van der Waals surface area (Å²) in [4.78, 5) is 12.2. The van der Waals surface area contributed by atoms with E-state index in [1.54, 1.807) is 12.1 Å². The molecule has 0 aliphatic heterocycles. The highest BCUT2D eigenvalue weighted by Crippen LogP contribution is 2.32. The molecule has 3 rings (SSSR count). The summed E-state index contributed by atoms with van der Waals surface area (Å²) >= 11 is 0. The van der Waals surface area contributed by atoms with Gasteiger partial charge in [-0.1, -0.05) is 30.3 Å². The summed E-state index contributed by atoms with van der Waals surface area (Å²) in [5.41, 5.74) is 1.29. The molecular formula is C18H16O4. The second-order valence-corrected chi connectivity index (χ2v) is 5.05. The predicted octanol–water partition coefficient (Wildman–Crippen LogP) is 3.29. The smallest absolute Gasteiger partial charge is 0.196 e. The summed E-state index contributed by atoms with van der Waals surface area (Å²) in [7, 11) is 1.44. The van der Waals surface area contributed by atoms with Crippen LogP contribution in [0, 0.1) is 0 Å². The highest BCUT2D eigenvalue weighted by molar-refractivity contribution is 5.85. The van der Waals surface area contributed by atoms with Crippen molar-refractivity contribution in [3.63, 3.8) is 0 Å². The SMILES string of the molecule is COc1ccc2oc(CCc3ccccc3)cc(=O)c2c1O. The van der Waals surface area contributed by atoms with Crippen LogP contribution in [-0.4, -0.2) is 12.2 Å². The van der Waals surface area contributed by atoms with E-state index in [1.165, 1.54) is 18.7 Å². The molecule has 0 amide bonds. The van der Waals surface area contributed by atoms with Gasteiger partial charge < -0.3 is 14.3 Å². The molecule has 0 unspecified atom stereocenters. The van der Waals surface area contributed by atoms with Crippen molar-refractivity contribution < 1.29 is 14.3 Å². The molecule has 0 spiro atoms. The average molecular weight is 296 g/mol. The molecule has 0 radical (unpaired) electrons. The van der Waals surface area contributed by atoms with Gasteiger partial charge in [0.25, 0.3) is 0 Å². The molecule has 0 aliphatic carbocycles. The largest absolute Gasteiger partial charge is 0.504 e. The van der Waals surface area contributed by atoms with Crippen molar-refractivity contribution >= 4 is 11.0 Å². The first-order valence-electron chi connectivity index (χ1n) is 7.05. The molecule has 0 bridgehead atoms. The Morgan fingerprint density at radius 2 is 1.86 bits per heavy atom. The van der Waals surface area contributed by atoms with Gasteiger partial charge in [-0.2, -0.15) is 0 Å². The molecule has 112 valence electrons. The van der Waals surface area contributed by atoms with Crippen molar-refractivity contribution in [2.24, 2.45) is 0 Å². The van der Waals surface area contributed by atoms with Crippen LogP contribution < -0.4 is 10.2 Å². The zero-order chi connectivity index (χ0) is 15.5. The standard InChI is InChI=1S/C18H16O4/c1-21-16-10-9-15-17(18(16)20)14(19)11-13(22-15)8-7-12-5-3-2-4-6-12/h2-6,9-11,20H,7-8H2,1H3. The Hall–Kier alpha value is -2.75. The number of phenolic OH excluding ortho intramolecular Hbond substituents is 1. The quantitative estimate of drug-likeness (QED) is 0.802. The van der Waals surface area contributed by atoms with Gasteiger partial charge in [-0.25, -0.2) is 0 Å². The van der Waals surface area contributed by atoms with Crippen LogP contribution >= 0.6 is 0 Å². The lowest BCUT2D eigenvalue weighted by molar-refractivity contribution is 0.375. The van der Waals surface area contributed by atoms with E-state index >= 15 is 0 Å². The van der Waals surface area contributed by atoms with Gasteiger partial charge in [-0.05, 0) is 24.1 Å². The normalized spacial score (nSPS) is 10.8. The number of phenols is 1. The number of rotatable bonds is 4. The lowest BCUT2D eigenvalue weighted by Crippen LogP contribution is -2.04. The van der Waals surface area contributed by atoms with Gasteiger partial charge >= 0.3 is 0 Å². The minimum absolute atomic E-state index is 0.155. The fraction of sp³-hybridized carbons (Fsp3) is 0.167. The number of aromatic hydroxyl groups is 1. The first-order valence-corrected chi connectivity index (χ1v) is 7.05. The molecular weight excluding hydrogens is 280 g/mol. The first-order chi connectivity index (χ1) is 10.7. The van der Waals surface area contributed by atoms with Crippen LogP contribution in [0.3, 0.4) is 0 Å². The third-order valence-corrected chi connectivity index (χ3v) is 3.61. The molecule has 4 nitrogen and oxygen atoms in total. The fourth-order valence-electron chi connectivity index (χ4n) is 2.47. The number of methoxy groups -OCH3 is 1. The van der Waals surface area contributed by atoms with Crippen LogP contribution in [0.1, 0.15) is 11.3 Å². The maximum atomic E-state index is 12.2. The summed E-state index contributed by atoms with van der Waals surface area (Å²) in [6.45, 7) is 0. The van der Waals surface area contributed by atoms with Gasteiger partial charge in [0, 0.05) is 12.5 Å². The number of aryl methyl sites for hydroxylation is 2. The maximum Gasteiger partial charge on any atom is 0.196 e. The Labute approximate surface area is 127 Å². The summed E-state index contributed by atoms with van der Waals surface area (Å²) in [6.07, 6.45) is 1.42. The van der Waals surface area contributed by atoms with E-state index in [9.17, 15) is 9.90 Å². The maximum absolute atomic E-state index is 12.2. The molecule has 1 heterocycles. The number of hydrogen-bond acceptors (Lipinski definition) is 4. The highest BCUT2D eigenvalue weighted by atomic mass is 16.5. The van der Waals surface area contributed by atoms with Gasteiger partial charge in [0.15, 0.2) is 16.9 Å². The van der Waals surface area contributed by atoms with Crippen LogP contribution in [0.15, 0.2) is 57.7 Å². The van der Waals surface area contributed by atoms with Crippen molar-refractivity contribution in [1.82, 2.24) is 0 Å². The lowest BCUT2D eigenvalue weighted by Gasteiger charge is -2.07. The van der Waals surface area contributed by atoms with Crippen LogP contribution in [0.4, 0.5) is 0 Å². The summed E-state index contributed by atoms with van der Waals surface area (Å²) in [6, 6.07) is 14.7. The fourth-order valence-corrected chi connectivity index (χ4v) is 2.47. The average Bonchev–Trinajstić information content (AvgIpc) is 2.54. The Morgan fingerprint density at radius 3 is 2.59 bits per heavy atom. The highest BCUT2D eigenvalue weighted by Gasteiger charge is 2.13. The van der Waals surface area contributed by atoms with E-state index in [0.29, 0.717) is 17.8 Å². The number of fused-ring (bicyclic) bond motifs is 1. The topological polar surface area (TPSA) is 59.7 Å². The predicted molar refractivity (Wildman–Crippen MR) is 84.6 cm³/mol. The molecule has 0 saturated heterocycles. The molecule has 0 saturated carbocycles. The van der Waals surface area contributed by atoms with Crippen molar-refractivity contribution in [3.8, 4) is 11.5 Å². The minimum Gasteiger partial charge on any atom is -0.504 e. The molecule has 4 heteroatoms. The molecule has 22 heavy (non-hydrogen) atoms. The number of benzene rings is 2. The molecule has 0 aliphatic rings. The first kappa shape index (κ1) is 14.2. The van der Waals surface area contributed by atoms with Crippen molar-refractivity contribution in [2.75, 3.05) is 7.11 Å². The van der Waals surface area contributed by atoms with E-state index in [0.717, 1.165) is 6.42 Å². The molecule has 1 aromatic heterocycles. The Bertz CT molecular complexity index is 850. The summed E-state index contributed by atoms with van der Waals surface area (Å²) < 4.78 is 10.7. The summed E-state index contributed by atoms with van der Waals surface area (Å²) in [5, 5.41) is 10.2. The minimum atomic E-state index is -0.263. The Balaban J connectivity index is 1.94. The molecule has 1 N–H and O–H groups in total. The van der Waals surface area contributed by atoms with Crippen molar-refractivity contribution in [1.29, 1.82) is 0 Å². The molecule has 0 fully saturated rings. The Kier molecular flexibility index (Phi) is 3.83. The van der Waals surface area contributed by atoms with Gasteiger partial charge in [0.2, 0.25) is 0 Å². The van der Waals surface area contributed by atoms with Gasteiger partial charge in [0.05, 0.1) is 7.11 Å².